The van der Waals surface area contributed by atoms with Crippen LogP contribution in [0.4, 0.5) is 5.69 Å². The first-order chi connectivity index (χ1) is 16.0. The second-order valence-electron chi connectivity index (χ2n) is 7.82. The molecule has 0 spiro atoms. The second kappa shape index (κ2) is 10.7. The van der Waals surface area contributed by atoms with Crippen molar-refractivity contribution in [2.24, 2.45) is 0 Å². The van der Waals surface area contributed by atoms with Crippen LogP contribution in [0.5, 0.6) is 0 Å². The summed E-state index contributed by atoms with van der Waals surface area (Å²) >= 11 is 12.1. The molecule has 0 fully saturated rings. The average molecular weight is 484 g/mol. The first-order valence-electron chi connectivity index (χ1n) is 10.5. The number of benzene rings is 3. The largest absolute Gasteiger partial charge is 0.367 e. The Morgan fingerprint density at radius 1 is 0.909 bits per heavy atom. The Balaban J connectivity index is 1.42. The molecule has 1 atom stereocenters. The lowest BCUT2D eigenvalue weighted by Gasteiger charge is -2.26. The van der Waals surface area contributed by atoms with Crippen molar-refractivity contribution in [2.75, 3.05) is 13.2 Å². The monoisotopic (exact) mass is 483 g/mol. The van der Waals surface area contributed by atoms with E-state index in [0.29, 0.717) is 42.0 Å². The first kappa shape index (κ1) is 23.1. The van der Waals surface area contributed by atoms with E-state index >= 15 is 0 Å². The van der Waals surface area contributed by atoms with Crippen LogP contribution in [0.2, 0.25) is 10.0 Å². The van der Waals surface area contributed by atoms with E-state index in [4.69, 9.17) is 27.9 Å². The summed E-state index contributed by atoms with van der Waals surface area (Å²) in [6.45, 7) is 2.14. The fourth-order valence-electron chi connectivity index (χ4n) is 3.70. The maximum atomic E-state index is 11.3. The third kappa shape index (κ3) is 6.26. The normalized spacial score (nSPS) is 14.0. The number of nitrogens with zero attached hydrogens (tertiary/aromatic N) is 3. The van der Waals surface area contributed by atoms with Crippen molar-refractivity contribution in [2.45, 2.75) is 19.3 Å². The maximum Gasteiger partial charge on any atom is 0.274 e. The molecule has 0 radical (unpaired) electrons. The van der Waals surface area contributed by atoms with Gasteiger partial charge in [0.25, 0.3) is 5.69 Å². The van der Waals surface area contributed by atoms with Crippen LogP contribution in [0.1, 0.15) is 22.8 Å². The Labute approximate surface area is 202 Å². The summed E-state index contributed by atoms with van der Waals surface area (Å²) < 4.78 is 6.29. The quantitative estimate of drug-likeness (QED) is 0.260. The zero-order valence-corrected chi connectivity index (χ0v) is 19.3. The Morgan fingerprint density at radius 2 is 1.55 bits per heavy atom. The van der Waals surface area contributed by atoms with Gasteiger partial charge in [0, 0.05) is 40.6 Å². The molecule has 33 heavy (non-hydrogen) atoms. The van der Waals surface area contributed by atoms with Crippen LogP contribution < -0.4 is 0 Å². The summed E-state index contributed by atoms with van der Waals surface area (Å²) in [5.74, 6) is 0. The minimum Gasteiger partial charge on any atom is -0.367 e. The standard InChI is InChI=1S/C25H23Cl2N3O3/c26-22-9-5-19(6-10-22)17-33-25(20-7-11-23(27)12-8-20)16-29-14-13-28(18-29)15-21-3-1-2-4-24(21)30(31)32/h1-14,25H,15-18H2. The van der Waals surface area contributed by atoms with E-state index in [0.717, 1.165) is 11.1 Å². The minimum absolute atomic E-state index is 0.134. The molecule has 0 bridgehead atoms. The SMILES string of the molecule is O=[N+]([O-])c1ccccc1CN1C=CN(CC(OCc2ccc(Cl)cc2)c2ccc(Cl)cc2)C1. The molecule has 4 rings (SSSR count). The van der Waals surface area contributed by atoms with Gasteiger partial charge < -0.3 is 14.5 Å². The van der Waals surface area contributed by atoms with Crippen molar-refractivity contribution in [1.29, 1.82) is 0 Å². The number of halogens is 2. The number of rotatable bonds is 9. The van der Waals surface area contributed by atoms with Crippen LogP contribution >= 0.6 is 23.2 Å². The lowest BCUT2D eigenvalue weighted by Crippen LogP contribution is -2.29. The molecule has 0 aliphatic carbocycles. The Bertz CT molecular complexity index is 1120. The highest BCUT2D eigenvalue weighted by atomic mass is 35.5. The molecular formula is C25H23Cl2N3O3. The summed E-state index contributed by atoms with van der Waals surface area (Å²) in [5.41, 5.74) is 2.88. The van der Waals surface area contributed by atoms with Gasteiger partial charge in [-0.25, -0.2) is 0 Å². The lowest BCUT2D eigenvalue weighted by molar-refractivity contribution is -0.385. The lowest BCUT2D eigenvalue weighted by atomic mass is 10.1. The van der Waals surface area contributed by atoms with Crippen LogP contribution in [0, 0.1) is 10.1 Å². The molecule has 170 valence electrons. The number of ether oxygens (including phenoxy) is 1. The Morgan fingerprint density at radius 3 is 2.24 bits per heavy atom. The molecule has 3 aromatic carbocycles. The molecule has 0 saturated heterocycles. The molecule has 1 unspecified atom stereocenters. The van der Waals surface area contributed by atoms with Gasteiger partial charge in [-0.2, -0.15) is 0 Å². The van der Waals surface area contributed by atoms with E-state index in [1.165, 1.54) is 6.07 Å². The van der Waals surface area contributed by atoms with Gasteiger partial charge in [0.2, 0.25) is 0 Å². The predicted molar refractivity (Wildman–Crippen MR) is 130 cm³/mol. The van der Waals surface area contributed by atoms with Crippen molar-refractivity contribution < 1.29 is 9.66 Å². The highest BCUT2D eigenvalue weighted by Crippen LogP contribution is 2.26. The van der Waals surface area contributed by atoms with Crippen molar-refractivity contribution >= 4 is 28.9 Å². The van der Waals surface area contributed by atoms with E-state index in [-0.39, 0.29) is 16.7 Å². The van der Waals surface area contributed by atoms with Gasteiger partial charge >= 0.3 is 0 Å². The summed E-state index contributed by atoms with van der Waals surface area (Å²) in [6.07, 6.45) is 3.76. The highest BCUT2D eigenvalue weighted by molar-refractivity contribution is 6.30. The molecule has 0 saturated carbocycles. The summed E-state index contributed by atoms with van der Waals surface area (Å²) in [5, 5.41) is 12.7. The van der Waals surface area contributed by atoms with E-state index in [9.17, 15) is 10.1 Å². The number of hydrogen-bond donors (Lipinski definition) is 0. The molecule has 3 aromatic rings. The van der Waals surface area contributed by atoms with Gasteiger partial charge in [-0.3, -0.25) is 10.1 Å². The Kier molecular flexibility index (Phi) is 7.50. The van der Waals surface area contributed by atoms with E-state index in [1.807, 2.05) is 71.9 Å². The molecule has 8 heteroatoms. The molecule has 1 aliphatic rings. The average Bonchev–Trinajstić information content (AvgIpc) is 3.25. The number of para-hydroxylation sites is 1. The van der Waals surface area contributed by atoms with Crippen LogP contribution in [0.15, 0.2) is 85.2 Å². The van der Waals surface area contributed by atoms with Crippen molar-refractivity contribution in [1.82, 2.24) is 9.80 Å². The summed E-state index contributed by atoms with van der Waals surface area (Å²) in [4.78, 5) is 15.2. The molecular weight excluding hydrogens is 461 g/mol. The van der Waals surface area contributed by atoms with Gasteiger partial charge in [-0.15, -0.1) is 0 Å². The minimum atomic E-state index is -0.339. The molecule has 1 heterocycles. The second-order valence-corrected chi connectivity index (χ2v) is 8.69. The molecule has 6 nitrogen and oxygen atoms in total. The van der Waals surface area contributed by atoms with Gasteiger partial charge in [-0.1, -0.05) is 65.7 Å². The zero-order chi connectivity index (χ0) is 23.2. The smallest absolute Gasteiger partial charge is 0.274 e. The van der Waals surface area contributed by atoms with E-state index < -0.39 is 0 Å². The molecule has 1 aliphatic heterocycles. The number of nitro groups is 1. The van der Waals surface area contributed by atoms with Crippen LogP contribution in [0.25, 0.3) is 0 Å². The van der Waals surface area contributed by atoms with Crippen molar-refractivity contribution in [3.8, 4) is 0 Å². The molecule has 0 N–H and O–H groups in total. The van der Waals surface area contributed by atoms with Crippen LogP contribution in [0.3, 0.4) is 0 Å². The molecule has 0 aromatic heterocycles. The topological polar surface area (TPSA) is 58.9 Å². The third-order valence-corrected chi connectivity index (χ3v) is 5.92. The van der Waals surface area contributed by atoms with Gasteiger partial charge in [0.05, 0.1) is 24.7 Å². The highest BCUT2D eigenvalue weighted by Gasteiger charge is 2.22. The fourth-order valence-corrected chi connectivity index (χ4v) is 3.95. The summed E-state index contributed by atoms with van der Waals surface area (Å²) in [7, 11) is 0. The van der Waals surface area contributed by atoms with Gasteiger partial charge in [-0.05, 0) is 35.4 Å². The number of nitro benzene ring substituents is 1. The van der Waals surface area contributed by atoms with Crippen molar-refractivity contribution in [3.05, 3.63) is 122 Å². The zero-order valence-electron chi connectivity index (χ0n) is 17.8. The molecule has 0 amide bonds. The van der Waals surface area contributed by atoms with Crippen molar-refractivity contribution in [3.63, 3.8) is 0 Å². The Hall–Kier alpha value is -3.06. The van der Waals surface area contributed by atoms with Gasteiger partial charge in [0.1, 0.15) is 6.10 Å². The maximum absolute atomic E-state index is 11.3. The van der Waals surface area contributed by atoms with Crippen LogP contribution in [-0.4, -0.2) is 27.9 Å². The number of hydrogen-bond acceptors (Lipinski definition) is 5. The van der Waals surface area contributed by atoms with E-state index in [2.05, 4.69) is 4.90 Å². The summed E-state index contributed by atoms with van der Waals surface area (Å²) in [6, 6.07) is 22.1. The van der Waals surface area contributed by atoms with Gasteiger partial charge in [0.15, 0.2) is 0 Å². The van der Waals surface area contributed by atoms with Crippen LogP contribution in [-0.2, 0) is 17.9 Å². The fraction of sp³-hybridized carbons (Fsp3) is 0.200. The first-order valence-corrected chi connectivity index (χ1v) is 11.2. The third-order valence-electron chi connectivity index (χ3n) is 5.42. The predicted octanol–water partition coefficient (Wildman–Crippen LogP) is 6.41. The van der Waals surface area contributed by atoms with E-state index in [1.54, 1.807) is 12.1 Å².